The summed E-state index contributed by atoms with van der Waals surface area (Å²) in [6.07, 6.45) is 0.962. The van der Waals surface area contributed by atoms with Crippen molar-refractivity contribution in [1.82, 2.24) is 0 Å². The predicted octanol–water partition coefficient (Wildman–Crippen LogP) is 1.83. The molecule has 0 aliphatic carbocycles. The fourth-order valence-electron chi connectivity index (χ4n) is 1.19. The summed E-state index contributed by atoms with van der Waals surface area (Å²) < 4.78 is 10.3. The average Bonchev–Trinajstić information content (AvgIpc) is 2.19. The molecule has 0 aliphatic rings. The Labute approximate surface area is 82.3 Å². The second-order valence-corrected chi connectivity index (χ2v) is 3.18. The van der Waals surface area contributed by atoms with E-state index in [4.69, 9.17) is 9.47 Å². The molecular formula is C10H13O2Si. The summed E-state index contributed by atoms with van der Waals surface area (Å²) in [7, 11) is 6.77. The van der Waals surface area contributed by atoms with Gasteiger partial charge in [-0.1, -0.05) is 12.1 Å². The van der Waals surface area contributed by atoms with Gasteiger partial charge in [0.15, 0.2) is 0 Å². The molecule has 0 unspecified atom stereocenters. The maximum absolute atomic E-state index is 5.24. The lowest BCUT2D eigenvalue weighted by atomic mass is 10.1. The lowest BCUT2D eigenvalue weighted by Crippen LogP contribution is -1.93. The highest BCUT2D eigenvalue weighted by molar-refractivity contribution is 6.08. The van der Waals surface area contributed by atoms with Gasteiger partial charge in [0.1, 0.15) is 11.5 Å². The number of hydrogen-bond donors (Lipinski definition) is 0. The van der Waals surface area contributed by atoms with Crippen molar-refractivity contribution in [1.29, 1.82) is 0 Å². The quantitative estimate of drug-likeness (QED) is 0.679. The molecule has 0 spiro atoms. The lowest BCUT2D eigenvalue weighted by Gasteiger charge is -2.08. The summed E-state index contributed by atoms with van der Waals surface area (Å²) >= 11 is 0. The number of benzene rings is 1. The zero-order valence-electron chi connectivity index (χ0n) is 7.96. The number of methoxy groups -OCH3 is 2. The third-order valence-electron chi connectivity index (χ3n) is 1.89. The summed E-state index contributed by atoms with van der Waals surface area (Å²) in [4.78, 5) is 0. The first-order valence-corrected chi connectivity index (χ1v) is 4.88. The first-order chi connectivity index (χ1) is 6.31. The van der Waals surface area contributed by atoms with Crippen LogP contribution in [0.4, 0.5) is 0 Å². The Morgan fingerprint density at radius 1 is 1.23 bits per heavy atom. The number of hydrogen-bond acceptors (Lipinski definition) is 2. The van der Waals surface area contributed by atoms with E-state index in [0.29, 0.717) is 0 Å². The van der Waals surface area contributed by atoms with Gasteiger partial charge in [-0.3, -0.25) is 0 Å². The fraction of sp³-hybridized carbons (Fsp3) is 0.400. The minimum atomic E-state index is 0.828. The number of rotatable bonds is 4. The molecule has 2 nitrogen and oxygen atoms in total. The van der Waals surface area contributed by atoms with Gasteiger partial charge < -0.3 is 9.47 Å². The standard InChI is InChI=1S/C10H13O2Si/c1-11-9-4-3-8(5-6-13)10(7-9)12-2/h3-4,7H,5-6H2,1-2H3. The van der Waals surface area contributed by atoms with Crippen LogP contribution in [0.5, 0.6) is 11.5 Å². The van der Waals surface area contributed by atoms with Gasteiger partial charge >= 0.3 is 0 Å². The van der Waals surface area contributed by atoms with Crippen LogP contribution >= 0.6 is 0 Å². The smallest absolute Gasteiger partial charge is 0.125 e. The van der Waals surface area contributed by atoms with Crippen LogP contribution in [-0.2, 0) is 6.42 Å². The van der Waals surface area contributed by atoms with E-state index >= 15 is 0 Å². The van der Waals surface area contributed by atoms with Crippen LogP contribution in [-0.4, -0.2) is 24.5 Å². The van der Waals surface area contributed by atoms with Crippen molar-refractivity contribution in [2.24, 2.45) is 0 Å². The first-order valence-electron chi connectivity index (χ1n) is 4.17. The van der Waals surface area contributed by atoms with Gasteiger partial charge in [-0.15, -0.1) is 0 Å². The van der Waals surface area contributed by atoms with E-state index in [1.165, 1.54) is 5.56 Å². The average molecular weight is 193 g/mol. The van der Waals surface area contributed by atoms with Gasteiger partial charge in [-0.05, 0) is 18.1 Å². The zero-order valence-corrected chi connectivity index (χ0v) is 8.96. The van der Waals surface area contributed by atoms with E-state index in [0.717, 1.165) is 24.0 Å². The zero-order chi connectivity index (χ0) is 9.68. The number of aryl methyl sites for hydroxylation is 1. The fourth-order valence-corrected chi connectivity index (χ4v) is 1.46. The van der Waals surface area contributed by atoms with Crippen LogP contribution in [0, 0.1) is 0 Å². The molecule has 0 saturated heterocycles. The molecule has 0 aliphatic heterocycles. The highest BCUT2D eigenvalue weighted by Gasteiger charge is 2.02. The molecule has 0 amide bonds. The molecule has 3 radical (unpaired) electrons. The molecule has 1 aromatic rings. The van der Waals surface area contributed by atoms with Crippen LogP contribution in [0.15, 0.2) is 18.2 Å². The Hall–Kier alpha value is -0.963. The van der Waals surface area contributed by atoms with Gasteiger partial charge in [-0.2, -0.15) is 0 Å². The third-order valence-corrected chi connectivity index (χ3v) is 2.14. The third kappa shape index (κ3) is 2.49. The monoisotopic (exact) mass is 193 g/mol. The first kappa shape index (κ1) is 10.1. The van der Waals surface area contributed by atoms with E-state index in [9.17, 15) is 0 Å². The lowest BCUT2D eigenvalue weighted by molar-refractivity contribution is 0.391. The molecule has 1 aromatic carbocycles. The molecule has 69 valence electrons. The van der Waals surface area contributed by atoms with E-state index < -0.39 is 0 Å². The molecule has 3 heteroatoms. The van der Waals surface area contributed by atoms with Crippen LogP contribution in [0.1, 0.15) is 5.56 Å². The van der Waals surface area contributed by atoms with Crippen molar-refractivity contribution in [2.45, 2.75) is 12.5 Å². The van der Waals surface area contributed by atoms with Gasteiger partial charge in [0.05, 0.1) is 14.2 Å². The highest BCUT2D eigenvalue weighted by atomic mass is 28.1. The molecule has 13 heavy (non-hydrogen) atoms. The minimum Gasteiger partial charge on any atom is -0.497 e. The Morgan fingerprint density at radius 2 is 2.00 bits per heavy atom. The van der Waals surface area contributed by atoms with Gasteiger partial charge in [-0.25, -0.2) is 0 Å². The molecule has 0 atom stereocenters. The topological polar surface area (TPSA) is 18.5 Å². The summed E-state index contributed by atoms with van der Waals surface area (Å²) in [6, 6.07) is 6.80. The molecule has 0 N–H and O–H groups in total. The largest absolute Gasteiger partial charge is 0.497 e. The van der Waals surface area contributed by atoms with Crippen LogP contribution in [0.25, 0.3) is 0 Å². The van der Waals surface area contributed by atoms with Crippen LogP contribution < -0.4 is 9.47 Å². The minimum absolute atomic E-state index is 0.828. The van der Waals surface area contributed by atoms with Crippen molar-refractivity contribution < 1.29 is 9.47 Å². The van der Waals surface area contributed by atoms with Crippen molar-refractivity contribution in [3.63, 3.8) is 0 Å². The number of ether oxygens (including phenoxy) is 2. The van der Waals surface area contributed by atoms with Crippen molar-refractivity contribution >= 4 is 10.2 Å². The molecule has 0 bridgehead atoms. The van der Waals surface area contributed by atoms with E-state index in [-0.39, 0.29) is 0 Å². The predicted molar refractivity (Wildman–Crippen MR) is 53.8 cm³/mol. The Kier molecular flexibility index (Phi) is 3.83. The van der Waals surface area contributed by atoms with Crippen molar-refractivity contribution in [3.8, 4) is 11.5 Å². The van der Waals surface area contributed by atoms with Crippen molar-refractivity contribution in [2.75, 3.05) is 14.2 Å². The molecular weight excluding hydrogens is 180 g/mol. The van der Waals surface area contributed by atoms with Gasteiger partial charge in [0, 0.05) is 16.3 Å². The maximum Gasteiger partial charge on any atom is 0.125 e. The summed E-state index contributed by atoms with van der Waals surface area (Å²) in [6.45, 7) is 0. The van der Waals surface area contributed by atoms with E-state index in [2.05, 4.69) is 10.2 Å². The summed E-state index contributed by atoms with van der Waals surface area (Å²) in [5, 5.41) is 0. The highest BCUT2D eigenvalue weighted by Crippen LogP contribution is 2.25. The van der Waals surface area contributed by atoms with Gasteiger partial charge in [0.2, 0.25) is 0 Å². The van der Waals surface area contributed by atoms with Gasteiger partial charge in [0.25, 0.3) is 0 Å². The second kappa shape index (κ2) is 4.92. The maximum atomic E-state index is 5.24. The van der Waals surface area contributed by atoms with E-state index in [1.54, 1.807) is 14.2 Å². The molecule has 1 rings (SSSR count). The Bertz CT molecular complexity index is 274. The van der Waals surface area contributed by atoms with E-state index in [1.807, 2.05) is 18.2 Å². The summed E-state index contributed by atoms with van der Waals surface area (Å²) in [5.74, 6) is 1.71. The summed E-state index contributed by atoms with van der Waals surface area (Å²) in [5.41, 5.74) is 1.19. The Balaban J connectivity index is 2.93. The molecule has 0 heterocycles. The molecule has 0 fully saturated rings. The normalized spacial score (nSPS) is 9.77. The van der Waals surface area contributed by atoms with Crippen LogP contribution in [0.3, 0.4) is 0 Å². The van der Waals surface area contributed by atoms with Crippen molar-refractivity contribution in [3.05, 3.63) is 23.8 Å². The molecule has 0 saturated carbocycles. The SMILES string of the molecule is COc1ccc(CC[Si])c(OC)c1. The Morgan fingerprint density at radius 3 is 2.54 bits per heavy atom. The molecule has 0 aromatic heterocycles. The van der Waals surface area contributed by atoms with Crippen LogP contribution in [0.2, 0.25) is 6.04 Å². The second-order valence-electron chi connectivity index (χ2n) is 2.68.